The molecule has 1 saturated carbocycles. The second-order valence-corrected chi connectivity index (χ2v) is 10.5. The van der Waals surface area contributed by atoms with Crippen molar-refractivity contribution in [3.63, 3.8) is 0 Å². The van der Waals surface area contributed by atoms with E-state index in [9.17, 15) is 14.4 Å². The molecule has 0 bridgehead atoms. The Balaban J connectivity index is 0.00000304. The fraction of sp³-hybridized carbons (Fsp3) is 0.423. The lowest BCUT2D eigenvalue weighted by Crippen LogP contribution is -2.39. The Morgan fingerprint density at radius 3 is 2.61 bits per heavy atom. The summed E-state index contributed by atoms with van der Waals surface area (Å²) in [5.74, 6) is -0.761. The number of halogens is 1. The third-order valence-corrected chi connectivity index (χ3v) is 6.62. The highest BCUT2D eigenvalue weighted by Gasteiger charge is 2.36. The zero-order chi connectivity index (χ0) is 25.1. The molecule has 2 aliphatic heterocycles. The van der Waals surface area contributed by atoms with Crippen molar-refractivity contribution in [2.45, 2.75) is 64.0 Å². The highest BCUT2D eigenvalue weighted by atomic mass is 79.9. The summed E-state index contributed by atoms with van der Waals surface area (Å²) in [4.78, 5) is 43.3. The van der Waals surface area contributed by atoms with Crippen molar-refractivity contribution in [1.82, 2.24) is 9.88 Å². The van der Waals surface area contributed by atoms with Gasteiger partial charge in [-0.1, -0.05) is 26.8 Å². The average molecular weight is 557 g/mol. The van der Waals surface area contributed by atoms with Crippen LogP contribution in [0.2, 0.25) is 0 Å². The number of carbonyl (C=O) groups is 3. The SMILES string of the molecule is Br.CC(C)(C)c1cc(C(=O)CN2Cc3ccc(C4CC4)nc3C2=N)cc2c1OC(CC(=O)O)C(=O)N2. The monoisotopic (exact) mass is 556 g/mol. The van der Waals surface area contributed by atoms with Crippen molar-refractivity contribution < 1.29 is 24.2 Å². The van der Waals surface area contributed by atoms with Crippen LogP contribution in [0.25, 0.3) is 0 Å². The van der Waals surface area contributed by atoms with Crippen LogP contribution in [0.1, 0.15) is 78.8 Å². The second kappa shape index (κ2) is 9.31. The summed E-state index contributed by atoms with van der Waals surface area (Å²) in [7, 11) is 0. The first-order valence-electron chi connectivity index (χ1n) is 11.8. The summed E-state index contributed by atoms with van der Waals surface area (Å²) < 4.78 is 5.82. The molecule has 1 fully saturated rings. The van der Waals surface area contributed by atoms with E-state index in [0.717, 1.165) is 24.1 Å². The minimum atomic E-state index is -1.14. The number of nitrogens with zero attached hydrogens (tertiary/aromatic N) is 2. The molecule has 0 saturated heterocycles. The van der Waals surface area contributed by atoms with Gasteiger partial charge in [-0.3, -0.25) is 19.8 Å². The number of benzene rings is 1. The second-order valence-electron chi connectivity index (χ2n) is 10.5. The number of carbonyl (C=O) groups excluding carboxylic acids is 2. The third-order valence-electron chi connectivity index (χ3n) is 6.62. The summed E-state index contributed by atoms with van der Waals surface area (Å²) in [5, 5.41) is 20.4. The Labute approximate surface area is 219 Å². The van der Waals surface area contributed by atoms with Gasteiger partial charge in [-0.25, -0.2) is 4.98 Å². The Bertz CT molecular complexity index is 1280. The zero-order valence-corrected chi connectivity index (χ0v) is 22.1. The number of carboxylic acids is 1. The van der Waals surface area contributed by atoms with E-state index in [-0.39, 0.29) is 35.1 Å². The number of ether oxygens (including phenoxy) is 1. The van der Waals surface area contributed by atoms with Gasteiger partial charge in [-0.05, 0) is 36.5 Å². The smallest absolute Gasteiger partial charge is 0.307 e. The molecule has 2 aromatic rings. The topological polar surface area (TPSA) is 133 Å². The number of aromatic nitrogens is 1. The molecule has 3 aliphatic rings. The first-order valence-corrected chi connectivity index (χ1v) is 11.8. The molecule has 1 atom stereocenters. The van der Waals surface area contributed by atoms with Gasteiger partial charge < -0.3 is 20.1 Å². The van der Waals surface area contributed by atoms with E-state index in [1.165, 1.54) is 0 Å². The number of hydrogen-bond acceptors (Lipinski definition) is 6. The molecule has 1 unspecified atom stereocenters. The molecular formula is C26H29BrN4O5. The van der Waals surface area contributed by atoms with Crippen LogP contribution in [0.5, 0.6) is 5.75 Å². The molecule has 9 nitrogen and oxygen atoms in total. The standard InChI is InChI=1S/C26H28N4O5.BrH/c1-26(2,3)16-8-15(9-18-23(16)35-20(10-21(32)33)25(34)29-18)19(31)12-30-11-14-6-7-17(13-4-5-13)28-22(14)24(30)27;/h6-9,13,20,27H,4-5,10-12H2,1-3H3,(H,29,34)(H,32,33);1H. The minimum Gasteiger partial charge on any atom is -0.481 e. The number of rotatable bonds is 6. The number of aliphatic carboxylic acids is 1. The number of Topliss-reactive ketones (excluding diaryl/α,β-unsaturated/α-hetero) is 1. The lowest BCUT2D eigenvalue weighted by atomic mass is 9.84. The maximum absolute atomic E-state index is 13.3. The van der Waals surface area contributed by atoms with Crippen molar-refractivity contribution >= 4 is 46.2 Å². The van der Waals surface area contributed by atoms with Crippen molar-refractivity contribution in [3.8, 4) is 5.75 Å². The van der Waals surface area contributed by atoms with Crippen LogP contribution >= 0.6 is 17.0 Å². The number of amides is 1. The van der Waals surface area contributed by atoms with Crippen molar-refractivity contribution in [2.24, 2.45) is 0 Å². The largest absolute Gasteiger partial charge is 0.481 e. The lowest BCUT2D eigenvalue weighted by Gasteiger charge is -2.31. The van der Waals surface area contributed by atoms with Gasteiger partial charge >= 0.3 is 5.97 Å². The van der Waals surface area contributed by atoms with Crippen LogP contribution in [0, 0.1) is 5.41 Å². The molecule has 5 rings (SSSR count). The van der Waals surface area contributed by atoms with Crippen LogP contribution in [-0.4, -0.2) is 51.1 Å². The van der Waals surface area contributed by atoms with Crippen LogP contribution in [0.15, 0.2) is 24.3 Å². The highest BCUT2D eigenvalue weighted by molar-refractivity contribution is 8.93. The molecule has 36 heavy (non-hydrogen) atoms. The number of nitrogens with one attached hydrogen (secondary N) is 2. The Morgan fingerprint density at radius 1 is 1.25 bits per heavy atom. The van der Waals surface area contributed by atoms with E-state index < -0.39 is 29.8 Å². The number of anilines is 1. The molecule has 10 heteroatoms. The van der Waals surface area contributed by atoms with E-state index in [4.69, 9.17) is 15.3 Å². The number of carboxylic acid groups (broad SMARTS) is 1. The number of hydrogen-bond donors (Lipinski definition) is 3. The van der Waals surface area contributed by atoms with Crippen LogP contribution in [0.4, 0.5) is 5.69 Å². The van der Waals surface area contributed by atoms with E-state index >= 15 is 0 Å². The fourth-order valence-electron chi connectivity index (χ4n) is 4.54. The van der Waals surface area contributed by atoms with Crippen molar-refractivity contribution in [3.05, 3.63) is 52.3 Å². The summed E-state index contributed by atoms with van der Waals surface area (Å²) in [6, 6.07) is 7.34. The third kappa shape index (κ3) is 4.86. The quantitative estimate of drug-likeness (QED) is 0.457. The lowest BCUT2D eigenvalue weighted by molar-refractivity contribution is -0.142. The van der Waals surface area contributed by atoms with E-state index in [2.05, 4.69) is 10.3 Å². The van der Waals surface area contributed by atoms with Gasteiger partial charge in [0.25, 0.3) is 5.91 Å². The number of pyridine rings is 1. The van der Waals surface area contributed by atoms with Gasteiger partial charge in [-0.15, -0.1) is 17.0 Å². The summed E-state index contributed by atoms with van der Waals surface area (Å²) in [6.45, 7) is 6.33. The zero-order valence-electron chi connectivity index (χ0n) is 20.4. The number of ketones is 1. The summed E-state index contributed by atoms with van der Waals surface area (Å²) >= 11 is 0. The maximum atomic E-state index is 13.3. The minimum absolute atomic E-state index is 0. The normalized spacial score (nSPS) is 18.5. The van der Waals surface area contributed by atoms with E-state index in [0.29, 0.717) is 40.7 Å². The summed E-state index contributed by atoms with van der Waals surface area (Å²) in [6.07, 6.45) is 0.670. The van der Waals surface area contributed by atoms with Crippen LogP contribution in [-0.2, 0) is 21.5 Å². The molecule has 1 aromatic heterocycles. The van der Waals surface area contributed by atoms with Gasteiger partial charge in [0.2, 0.25) is 0 Å². The van der Waals surface area contributed by atoms with Crippen LogP contribution < -0.4 is 10.1 Å². The maximum Gasteiger partial charge on any atom is 0.307 e. The number of fused-ring (bicyclic) bond motifs is 2. The predicted octanol–water partition coefficient (Wildman–Crippen LogP) is 4.03. The molecule has 0 radical (unpaired) electrons. The molecule has 1 aliphatic carbocycles. The fourth-order valence-corrected chi connectivity index (χ4v) is 4.54. The van der Waals surface area contributed by atoms with E-state index in [1.54, 1.807) is 17.0 Å². The molecule has 3 N–H and O–H groups in total. The van der Waals surface area contributed by atoms with Gasteiger partial charge in [-0.2, -0.15) is 0 Å². The Morgan fingerprint density at radius 2 is 1.97 bits per heavy atom. The predicted molar refractivity (Wildman–Crippen MR) is 139 cm³/mol. The molecule has 3 heterocycles. The van der Waals surface area contributed by atoms with Gasteiger partial charge in [0.15, 0.2) is 11.9 Å². The number of amidine groups is 1. The molecule has 190 valence electrons. The van der Waals surface area contributed by atoms with Gasteiger partial charge in [0.05, 0.1) is 18.7 Å². The molecule has 1 amide bonds. The first-order chi connectivity index (χ1) is 16.5. The van der Waals surface area contributed by atoms with Crippen LogP contribution in [0.3, 0.4) is 0 Å². The Kier molecular flexibility index (Phi) is 6.68. The average Bonchev–Trinajstić information content (AvgIpc) is 3.58. The molecular weight excluding hydrogens is 528 g/mol. The van der Waals surface area contributed by atoms with Crippen molar-refractivity contribution in [2.75, 3.05) is 11.9 Å². The Hall–Kier alpha value is -3.27. The van der Waals surface area contributed by atoms with Gasteiger partial charge in [0.1, 0.15) is 17.3 Å². The summed E-state index contributed by atoms with van der Waals surface area (Å²) in [5.41, 5.74) is 3.61. The molecule has 0 spiro atoms. The first kappa shape index (κ1) is 25.8. The van der Waals surface area contributed by atoms with E-state index in [1.807, 2.05) is 32.9 Å². The van der Waals surface area contributed by atoms with Crippen molar-refractivity contribution in [1.29, 1.82) is 5.41 Å². The molecule has 1 aromatic carbocycles. The van der Waals surface area contributed by atoms with Gasteiger partial charge in [0, 0.05) is 34.8 Å². The highest BCUT2D eigenvalue weighted by Crippen LogP contribution is 2.42.